The number of alkyl halides is 3. The second-order valence-corrected chi connectivity index (χ2v) is 7.20. The van der Waals surface area contributed by atoms with Crippen LogP contribution in [0.5, 0.6) is 0 Å². The summed E-state index contributed by atoms with van der Waals surface area (Å²) in [5.41, 5.74) is 12.0. The molecule has 1 fully saturated rings. The van der Waals surface area contributed by atoms with Crippen molar-refractivity contribution in [3.63, 3.8) is 0 Å². The minimum Gasteiger partial charge on any atom is -0.398 e. The highest BCUT2D eigenvalue weighted by molar-refractivity contribution is 6.12. The molecule has 6 N–H and O–H groups in total. The Labute approximate surface area is 177 Å². The largest absolute Gasteiger partial charge is 0.416 e. The smallest absolute Gasteiger partial charge is 0.398 e. The molecule has 1 heterocycles. The molecule has 10 heteroatoms. The predicted molar refractivity (Wildman–Crippen MR) is 114 cm³/mol. The van der Waals surface area contributed by atoms with E-state index in [1.165, 1.54) is 18.6 Å². The number of hydrogen-bond acceptors (Lipinski definition) is 4. The summed E-state index contributed by atoms with van der Waals surface area (Å²) in [7, 11) is 0. The molecule has 0 aromatic heterocycles. The molecule has 164 valence electrons. The second kappa shape index (κ2) is 9.07. The first-order valence-electron chi connectivity index (χ1n) is 9.71. The molecule has 7 nitrogen and oxygen atoms in total. The van der Waals surface area contributed by atoms with Gasteiger partial charge >= 0.3 is 6.18 Å². The first-order chi connectivity index (χ1) is 14.6. The first-order valence-corrected chi connectivity index (χ1v) is 9.71. The number of amides is 1. The molecule has 0 unspecified atom stereocenters. The SMILES string of the molecule is N=C(/N=C(\N)NC(=O)c1cc(N2CCCCC2)ccc1N)c1cccc(C(F)(F)F)c1. The molecule has 31 heavy (non-hydrogen) atoms. The normalized spacial score (nSPS) is 14.9. The van der Waals surface area contributed by atoms with Crippen LogP contribution >= 0.6 is 0 Å². The number of carbonyl (C=O) groups excluding carboxylic acids is 1. The van der Waals surface area contributed by atoms with E-state index in [4.69, 9.17) is 16.9 Å². The van der Waals surface area contributed by atoms with Gasteiger partial charge < -0.3 is 16.4 Å². The number of nitrogens with two attached hydrogens (primary N) is 2. The molecule has 1 amide bonds. The fourth-order valence-corrected chi connectivity index (χ4v) is 3.33. The molecule has 1 aliphatic heterocycles. The maximum Gasteiger partial charge on any atom is 0.416 e. The highest BCUT2D eigenvalue weighted by Crippen LogP contribution is 2.29. The highest BCUT2D eigenvalue weighted by Gasteiger charge is 2.30. The molecule has 1 saturated heterocycles. The predicted octanol–water partition coefficient (Wildman–Crippen LogP) is 3.35. The van der Waals surface area contributed by atoms with Gasteiger partial charge in [-0.15, -0.1) is 0 Å². The van der Waals surface area contributed by atoms with E-state index in [9.17, 15) is 18.0 Å². The van der Waals surface area contributed by atoms with Crippen molar-refractivity contribution in [1.29, 1.82) is 5.41 Å². The average molecular weight is 432 g/mol. The summed E-state index contributed by atoms with van der Waals surface area (Å²) in [6.45, 7) is 1.78. The number of nitrogens with one attached hydrogen (secondary N) is 2. The van der Waals surface area contributed by atoms with E-state index in [-0.39, 0.29) is 16.8 Å². The van der Waals surface area contributed by atoms with Gasteiger partial charge in [0.2, 0.25) is 5.96 Å². The van der Waals surface area contributed by atoms with Crippen molar-refractivity contribution in [2.45, 2.75) is 25.4 Å². The molecule has 2 aromatic carbocycles. The quantitative estimate of drug-likeness (QED) is 0.338. The number of nitrogen functional groups attached to an aromatic ring is 1. The van der Waals surface area contributed by atoms with Gasteiger partial charge in [0.15, 0.2) is 5.84 Å². The van der Waals surface area contributed by atoms with Gasteiger partial charge in [0.05, 0.1) is 11.1 Å². The molecule has 2 aromatic rings. The van der Waals surface area contributed by atoms with Gasteiger partial charge in [-0.05, 0) is 49.6 Å². The Hall–Kier alpha value is -3.56. The number of rotatable bonds is 3. The van der Waals surface area contributed by atoms with Crippen LogP contribution in [0.1, 0.15) is 40.7 Å². The van der Waals surface area contributed by atoms with Crippen LogP contribution in [0, 0.1) is 5.41 Å². The van der Waals surface area contributed by atoms with Crippen molar-refractivity contribution in [3.8, 4) is 0 Å². The Morgan fingerprint density at radius 2 is 1.81 bits per heavy atom. The van der Waals surface area contributed by atoms with E-state index in [0.717, 1.165) is 43.8 Å². The maximum atomic E-state index is 12.9. The average Bonchev–Trinajstić information content (AvgIpc) is 2.74. The van der Waals surface area contributed by atoms with Crippen LogP contribution in [-0.4, -0.2) is 30.8 Å². The van der Waals surface area contributed by atoms with Crippen molar-refractivity contribution in [3.05, 3.63) is 59.2 Å². The minimum absolute atomic E-state index is 0.0846. The van der Waals surface area contributed by atoms with Crippen LogP contribution in [0.15, 0.2) is 47.5 Å². The second-order valence-electron chi connectivity index (χ2n) is 7.20. The van der Waals surface area contributed by atoms with E-state index < -0.39 is 29.4 Å². The summed E-state index contributed by atoms with van der Waals surface area (Å²) < 4.78 is 38.6. The molecule has 0 radical (unpaired) electrons. The molecule has 3 rings (SSSR count). The fraction of sp³-hybridized carbons (Fsp3) is 0.286. The zero-order chi connectivity index (χ0) is 22.6. The number of piperidine rings is 1. The molecule has 0 atom stereocenters. The summed E-state index contributed by atoms with van der Waals surface area (Å²) in [6.07, 6.45) is -1.23. The van der Waals surface area contributed by atoms with Crippen LogP contribution in [0.2, 0.25) is 0 Å². The van der Waals surface area contributed by atoms with E-state index in [0.29, 0.717) is 0 Å². The number of guanidine groups is 1. The topological polar surface area (TPSA) is 121 Å². The van der Waals surface area contributed by atoms with E-state index >= 15 is 0 Å². The first kappa shape index (κ1) is 22.1. The van der Waals surface area contributed by atoms with Crippen molar-refractivity contribution < 1.29 is 18.0 Å². The summed E-state index contributed by atoms with van der Waals surface area (Å²) in [5, 5.41) is 10.2. The van der Waals surface area contributed by atoms with Crippen molar-refractivity contribution in [2.24, 2.45) is 10.7 Å². The lowest BCUT2D eigenvalue weighted by atomic mass is 10.1. The van der Waals surface area contributed by atoms with Crippen molar-refractivity contribution >= 4 is 29.1 Å². The monoisotopic (exact) mass is 432 g/mol. The van der Waals surface area contributed by atoms with Gasteiger partial charge in [0.25, 0.3) is 5.91 Å². The van der Waals surface area contributed by atoms with Gasteiger partial charge in [0, 0.05) is 30.0 Å². The molecule has 1 aliphatic rings. The zero-order valence-corrected chi connectivity index (χ0v) is 16.7. The van der Waals surface area contributed by atoms with Crippen LogP contribution in [0.3, 0.4) is 0 Å². The maximum absolute atomic E-state index is 12.9. The third kappa shape index (κ3) is 5.53. The van der Waals surface area contributed by atoms with Crippen LogP contribution in [0.25, 0.3) is 0 Å². The van der Waals surface area contributed by atoms with Crippen LogP contribution in [-0.2, 0) is 6.18 Å². The Kier molecular flexibility index (Phi) is 6.47. The number of nitrogens with zero attached hydrogens (tertiary/aromatic N) is 2. The summed E-state index contributed by atoms with van der Waals surface area (Å²) >= 11 is 0. The van der Waals surface area contributed by atoms with Crippen molar-refractivity contribution in [2.75, 3.05) is 23.7 Å². The molecular weight excluding hydrogens is 409 g/mol. The van der Waals surface area contributed by atoms with Gasteiger partial charge in [-0.2, -0.15) is 18.2 Å². The van der Waals surface area contributed by atoms with Gasteiger partial charge in [-0.3, -0.25) is 15.5 Å². The molecular formula is C21H23F3N6O. The standard InChI is InChI=1S/C21H23F3N6O/c22-21(23,24)14-6-4-5-13(11-14)18(26)28-20(27)29-19(31)16-12-15(7-8-17(16)25)30-9-2-1-3-10-30/h4-8,11-12H,1-3,9-10,25H2,(H4,26,27,28,29,31). The highest BCUT2D eigenvalue weighted by atomic mass is 19.4. The summed E-state index contributed by atoms with van der Waals surface area (Å²) in [5.74, 6) is -1.55. The third-order valence-corrected chi connectivity index (χ3v) is 4.94. The van der Waals surface area contributed by atoms with E-state index in [2.05, 4.69) is 15.2 Å². The number of amidine groups is 1. The summed E-state index contributed by atoms with van der Waals surface area (Å²) in [4.78, 5) is 18.5. The Balaban J connectivity index is 1.74. The van der Waals surface area contributed by atoms with Crippen LogP contribution in [0.4, 0.5) is 24.5 Å². The molecule has 0 saturated carbocycles. The Morgan fingerprint density at radius 1 is 1.10 bits per heavy atom. The molecule has 0 bridgehead atoms. The van der Waals surface area contributed by atoms with Gasteiger partial charge in [0.1, 0.15) is 0 Å². The lowest BCUT2D eigenvalue weighted by Crippen LogP contribution is -2.38. The Morgan fingerprint density at radius 3 is 2.48 bits per heavy atom. The number of halogens is 3. The number of anilines is 2. The molecule has 0 spiro atoms. The number of carbonyl (C=O) groups is 1. The lowest BCUT2D eigenvalue weighted by Gasteiger charge is -2.29. The van der Waals surface area contributed by atoms with Crippen molar-refractivity contribution in [1.82, 2.24) is 5.32 Å². The number of aliphatic imine (C=N–C) groups is 1. The lowest BCUT2D eigenvalue weighted by molar-refractivity contribution is -0.137. The minimum atomic E-state index is -4.54. The number of benzene rings is 2. The molecule has 0 aliphatic carbocycles. The van der Waals surface area contributed by atoms with Gasteiger partial charge in [-0.25, -0.2) is 0 Å². The third-order valence-electron chi connectivity index (χ3n) is 4.94. The van der Waals surface area contributed by atoms with Gasteiger partial charge in [-0.1, -0.05) is 12.1 Å². The number of hydrogen-bond donors (Lipinski definition) is 4. The Bertz CT molecular complexity index is 1010. The fourth-order valence-electron chi connectivity index (χ4n) is 3.33. The van der Waals surface area contributed by atoms with Crippen LogP contribution < -0.4 is 21.7 Å². The summed E-state index contributed by atoms with van der Waals surface area (Å²) in [6, 6.07) is 9.31. The zero-order valence-electron chi connectivity index (χ0n) is 16.7. The van der Waals surface area contributed by atoms with E-state index in [1.54, 1.807) is 12.1 Å². The van der Waals surface area contributed by atoms with E-state index in [1.807, 2.05) is 6.07 Å².